The van der Waals surface area contributed by atoms with E-state index in [1.165, 1.54) is 0 Å². The van der Waals surface area contributed by atoms with E-state index in [0.29, 0.717) is 18.7 Å². The predicted molar refractivity (Wildman–Crippen MR) is 64.9 cm³/mol. The van der Waals surface area contributed by atoms with Gasteiger partial charge < -0.3 is 10.6 Å². The second-order valence-corrected chi connectivity index (χ2v) is 4.33. The number of amides is 1. The summed E-state index contributed by atoms with van der Waals surface area (Å²) in [4.78, 5) is 13.5. The van der Waals surface area contributed by atoms with Crippen LogP contribution in [0.1, 0.15) is 15.9 Å². The molecular formula is C11H15BrN2O. The third-order valence-electron chi connectivity index (χ3n) is 2.22. The molecule has 0 aliphatic heterocycles. The van der Waals surface area contributed by atoms with Gasteiger partial charge in [-0.05, 0) is 30.7 Å². The Kier molecular flexibility index (Phi) is 4.29. The normalized spacial score (nSPS) is 10.1. The Balaban J connectivity index is 2.87. The fourth-order valence-corrected chi connectivity index (χ4v) is 1.54. The summed E-state index contributed by atoms with van der Waals surface area (Å²) in [7, 11) is 1.76. The van der Waals surface area contributed by atoms with Crippen molar-refractivity contribution in [2.45, 2.75) is 6.92 Å². The van der Waals surface area contributed by atoms with E-state index in [1.54, 1.807) is 11.9 Å². The summed E-state index contributed by atoms with van der Waals surface area (Å²) in [6.45, 7) is 3.02. The van der Waals surface area contributed by atoms with E-state index in [-0.39, 0.29) is 5.91 Å². The number of rotatable bonds is 3. The van der Waals surface area contributed by atoms with Gasteiger partial charge in [-0.2, -0.15) is 0 Å². The topological polar surface area (TPSA) is 46.3 Å². The molecule has 15 heavy (non-hydrogen) atoms. The average Bonchev–Trinajstić information content (AvgIpc) is 2.21. The minimum atomic E-state index is 0.0102. The molecule has 1 aromatic rings. The lowest BCUT2D eigenvalue weighted by atomic mass is 10.1. The monoisotopic (exact) mass is 270 g/mol. The van der Waals surface area contributed by atoms with Crippen molar-refractivity contribution >= 4 is 21.8 Å². The second-order valence-electron chi connectivity index (χ2n) is 3.48. The molecule has 0 aliphatic carbocycles. The van der Waals surface area contributed by atoms with Crippen LogP contribution in [0.4, 0.5) is 0 Å². The number of aryl methyl sites for hydroxylation is 1. The van der Waals surface area contributed by atoms with Crippen LogP contribution in [0.3, 0.4) is 0 Å². The highest BCUT2D eigenvalue weighted by molar-refractivity contribution is 9.10. The van der Waals surface area contributed by atoms with E-state index in [0.717, 1.165) is 10.0 Å². The van der Waals surface area contributed by atoms with Gasteiger partial charge in [0.25, 0.3) is 5.91 Å². The molecule has 0 spiro atoms. The molecule has 0 unspecified atom stereocenters. The van der Waals surface area contributed by atoms with Crippen LogP contribution in [-0.2, 0) is 0 Å². The third-order valence-corrected chi connectivity index (χ3v) is 3.11. The molecule has 0 radical (unpaired) electrons. The quantitative estimate of drug-likeness (QED) is 0.911. The van der Waals surface area contributed by atoms with Gasteiger partial charge in [-0.25, -0.2) is 0 Å². The van der Waals surface area contributed by atoms with Crippen LogP contribution < -0.4 is 5.73 Å². The Morgan fingerprint density at radius 1 is 1.53 bits per heavy atom. The molecule has 0 fully saturated rings. The maximum absolute atomic E-state index is 11.9. The fourth-order valence-electron chi connectivity index (χ4n) is 1.29. The highest BCUT2D eigenvalue weighted by Gasteiger charge is 2.11. The van der Waals surface area contributed by atoms with Gasteiger partial charge in [0, 0.05) is 30.2 Å². The molecule has 1 aromatic carbocycles. The van der Waals surface area contributed by atoms with E-state index in [1.807, 2.05) is 25.1 Å². The van der Waals surface area contributed by atoms with Gasteiger partial charge >= 0.3 is 0 Å². The van der Waals surface area contributed by atoms with Crippen molar-refractivity contribution in [2.24, 2.45) is 5.73 Å². The molecular weight excluding hydrogens is 256 g/mol. The van der Waals surface area contributed by atoms with Gasteiger partial charge in [0.05, 0.1) is 0 Å². The zero-order chi connectivity index (χ0) is 11.4. The summed E-state index contributed by atoms with van der Waals surface area (Å²) >= 11 is 3.40. The number of likely N-dealkylation sites (N-methyl/N-ethyl adjacent to an activating group) is 1. The summed E-state index contributed by atoms with van der Waals surface area (Å²) in [5.41, 5.74) is 7.16. The summed E-state index contributed by atoms with van der Waals surface area (Å²) in [6.07, 6.45) is 0. The molecule has 1 amide bonds. The lowest BCUT2D eigenvalue weighted by molar-refractivity contribution is 0.0799. The number of hydrogen-bond donors (Lipinski definition) is 1. The average molecular weight is 271 g/mol. The number of halogens is 1. The molecule has 3 nitrogen and oxygen atoms in total. The zero-order valence-electron chi connectivity index (χ0n) is 8.96. The lowest BCUT2D eigenvalue weighted by Crippen LogP contribution is -2.31. The van der Waals surface area contributed by atoms with Gasteiger partial charge in [0.2, 0.25) is 0 Å². The standard InChI is InChI=1S/C11H15BrN2O/c1-8-7-9(3-4-10(8)12)11(15)14(2)6-5-13/h3-4,7H,5-6,13H2,1-2H3. The Hall–Kier alpha value is -0.870. The van der Waals surface area contributed by atoms with Crippen LogP contribution in [0.15, 0.2) is 22.7 Å². The van der Waals surface area contributed by atoms with Crippen molar-refractivity contribution in [3.8, 4) is 0 Å². The lowest BCUT2D eigenvalue weighted by Gasteiger charge is -2.16. The van der Waals surface area contributed by atoms with Crippen molar-refractivity contribution in [1.29, 1.82) is 0 Å². The van der Waals surface area contributed by atoms with E-state index < -0.39 is 0 Å². The summed E-state index contributed by atoms with van der Waals surface area (Å²) in [5, 5.41) is 0. The van der Waals surface area contributed by atoms with Gasteiger partial charge in [0.15, 0.2) is 0 Å². The predicted octanol–water partition coefficient (Wildman–Crippen LogP) is 1.79. The number of carbonyl (C=O) groups is 1. The molecule has 0 saturated heterocycles. The van der Waals surface area contributed by atoms with Crippen LogP contribution in [-0.4, -0.2) is 30.9 Å². The van der Waals surface area contributed by atoms with Crippen molar-refractivity contribution in [3.05, 3.63) is 33.8 Å². The Morgan fingerprint density at radius 3 is 2.73 bits per heavy atom. The first-order chi connectivity index (χ1) is 7.06. The van der Waals surface area contributed by atoms with E-state index in [9.17, 15) is 4.79 Å². The van der Waals surface area contributed by atoms with Crippen molar-refractivity contribution in [2.75, 3.05) is 20.1 Å². The van der Waals surface area contributed by atoms with Crippen LogP contribution in [0.25, 0.3) is 0 Å². The number of nitrogens with two attached hydrogens (primary N) is 1. The highest BCUT2D eigenvalue weighted by atomic mass is 79.9. The van der Waals surface area contributed by atoms with E-state index in [2.05, 4.69) is 15.9 Å². The molecule has 4 heteroatoms. The largest absolute Gasteiger partial charge is 0.340 e. The summed E-state index contributed by atoms with van der Waals surface area (Å²) in [5.74, 6) is 0.0102. The van der Waals surface area contributed by atoms with E-state index >= 15 is 0 Å². The molecule has 0 heterocycles. The van der Waals surface area contributed by atoms with E-state index in [4.69, 9.17) is 5.73 Å². The molecule has 82 valence electrons. The Labute approximate surface area is 98.4 Å². The first-order valence-corrected chi connectivity index (χ1v) is 5.57. The van der Waals surface area contributed by atoms with Crippen molar-refractivity contribution in [3.63, 3.8) is 0 Å². The number of nitrogens with zero attached hydrogens (tertiary/aromatic N) is 1. The first-order valence-electron chi connectivity index (χ1n) is 4.78. The SMILES string of the molecule is Cc1cc(C(=O)N(C)CCN)ccc1Br. The molecule has 0 saturated carbocycles. The van der Waals surface area contributed by atoms with Crippen LogP contribution in [0.2, 0.25) is 0 Å². The smallest absolute Gasteiger partial charge is 0.253 e. The summed E-state index contributed by atoms with van der Waals surface area (Å²) < 4.78 is 1.01. The second kappa shape index (κ2) is 5.28. The van der Waals surface area contributed by atoms with Crippen LogP contribution >= 0.6 is 15.9 Å². The molecule has 2 N–H and O–H groups in total. The number of benzene rings is 1. The van der Waals surface area contributed by atoms with Crippen LogP contribution in [0, 0.1) is 6.92 Å². The molecule has 0 aliphatic rings. The molecule has 1 rings (SSSR count). The first kappa shape index (κ1) is 12.2. The Morgan fingerprint density at radius 2 is 2.20 bits per heavy atom. The molecule has 0 aromatic heterocycles. The van der Waals surface area contributed by atoms with Crippen molar-refractivity contribution in [1.82, 2.24) is 4.90 Å². The van der Waals surface area contributed by atoms with Crippen LogP contribution in [0.5, 0.6) is 0 Å². The van der Waals surface area contributed by atoms with Gasteiger partial charge in [-0.3, -0.25) is 4.79 Å². The third kappa shape index (κ3) is 3.04. The minimum absolute atomic E-state index is 0.0102. The van der Waals surface area contributed by atoms with Gasteiger partial charge in [-0.15, -0.1) is 0 Å². The summed E-state index contributed by atoms with van der Waals surface area (Å²) in [6, 6.07) is 5.57. The fraction of sp³-hybridized carbons (Fsp3) is 0.364. The Bertz CT molecular complexity index is 366. The maximum atomic E-state index is 11.9. The minimum Gasteiger partial charge on any atom is -0.340 e. The number of hydrogen-bond acceptors (Lipinski definition) is 2. The van der Waals surface area contributed by atoms with Gasteiger partial charge in [0.1, 0.15) is 0 Å². The zero-order valence-corrected chi connectivity index (χ0v) is 10.5. The number of carbonyl (C=O) groups excluding carboxylic acids is 1. The maximum Gasteiger partial charge on any atom is 0.253 e. The molecule has 0 atom stereocenters. The van der Waals surface area contributed by atoms with Gasteiger partial charge in [-0.1, -0.05) is 15.9 Å². The highest BCUT2D eigenvalue weighted by Crippen LogP contribution is 2.17. The van der Waals surface area contributed by atoms with Crippen molar-refractivity contribution < 1.29 is 4.79 Å². The molecule has 0 bridgehead atoms.